The van der Waals surface area contributed by atoms with Gasteiger partial charge in [-0.25, -0.2) is 0 Å². The topological polar surface area (TPSA) is 114 Å². The Morgan fingerprint density at radius 2 is 2.14 bits per heavy atom. The van der Waals surface area contributed by atoms with Crippen molar-refractivity contribution in [1.29, 1.82) is 5.26 Å². The van der Waals surface area contributed by atoms with E-state index >= 15 is 0 Å². The summed E-state index contributed by atoms with van der Waals surface area (Å²) in [6, 6.07) is 2.07. The predicted octanol–water partition coefficient (Wildman–Crippen LogP) is 1.46. The fourth-order valence-corrected chi connectivity index (χ4v) is 1.87. The summed E-state index contributed by atoms with van der Waals surface area (Å²) in [5.74, 6) is -0.477. The van der Waals surface area contributed by atoms with Crippen LogP contribution in [0.25, 0.3) is 0 Å². The number of aryl methyl sites for hydroxylation is 1. The molecule has 1 heterocycles. The molecule has 0 saturated heterocycles. The van der Waals surface area contributed by atoms with E-state index in [1.54, 1.807) is 6.92 Å². The van der Waals surface area contributed by atoms with Crippen LogP contribution in [0.1, 0.15) is 32.2 Å². The van der Waals surface area contributed by atoms with Crippen LogP contribution in [0, 0.1) is 41.2 Å². The third-order valence-corrected chi connectivity index (χ3v) is 3.61. The maximum Gasteiger partial charge on any atom is 0.312 e. The average molecular weight is 293 g/mol. The number of carbonyl (C=O) groups is 1. The van der Waals surface area contributed by atoms with Crippen LogP contribution in [0.5, 0.6) is 0 Å². The highest BCUT2D eigenvalue weighted by atomic mass is 16.6. The molecule has 8 nitrogen and oxygen atoms in total. The van der Waals surface area contributed by atoms with E-state index in [0.29, 0.717) is 5.69 Å². The molecule has 0 unspecified atom stereocenters. The van der Waals surface area contributed by atoms with Gasteiger partial charge < -0.3 is 5.32 Å². The van der Waals surface area contributed by atoms with Crippen LogP contribution >= 0.6 is 0 Å². The minimum atomic E-state index is -0.987. The van der Waals surface area contributed by atoms with Gasteiger partial charge in [-0.15, -0.1) is 0 Å². The molecule has 8 heteroatoms. The number of hydrogen-bond donors (Lipinski definition) is 1. The standard InChI is InChI=1S/C13H19N5O3/c1-8(2)13(5,7-14)15-11(19)6-17-10(4)12(18(20)21)9(3)16-17/h8H,6H2,1-5H3,(H,15,19)/t13-/m1/s1. The first kappa shape index (κ1) is 16.6. The van der Waals surface area contributed by atoms with E-state index in [-0.39, 0.29) is 23.8 Å². The molecule has 1 aromatic rings. The summed E-state index contributed by atoms with van der Waals surface area (Å²) in [5, 5.41) is 26.7. The monoisotopic (exact) mass is 293 g/mol. The number of aromatic nitrogens is 2. The molecule has 0 fully saturated rings. The van der Waals surface area contributed by atoms with Gasteiger partial charge in [-0.05, 0) is 26.7 Å². The number of amides is 1. The van der Waals surface area contributed by atoms with Crippen molar-refractivity contribution in [3.63, 3.8) is 0 Å². The van der Waals surface area contributed by atoms with Crippen LogP contribution in [0.4, 0.5) is 5.69 Å². The smallest absolute Gasteiger partial charge is 0.312 e. The minimum Gasteiger partial charge on any atom is -0.336 e. The second-order valence-corrected chi connectivity index (χ2v) is 5.45. The lowest BCUT2D eigenvalue weighted by atomic mass is 9.90. The molecule has 21 heavy (non-hydrogen) atoms. The lowest BCUT2D eigenvalue weighted by Crippen LogP contribution is -2.49. The number of rotatable bonds is 5. The van der Waals surface area contributed by atoms with Crippen molar-refractivity contribution in [2.45, 2.75) is 46.7 Å². The third kappa shape index (κ3) is 3.37. The van der Waals surface area contributed by atoms with Crippen molar-refractivity contribution in [3.05, 3.63) is 21.5 Å². The Morgan fingerprint density at radius 3 is 2.52 bits per heavy atom. The Kier molecular flexibility index (Phi) is 4.68. The summed E-state index contributed by atoms with van der Waals surface area (Å²) in [6.45, 7) is 8.20. The highest BCUT2D eigenvalue weighted by Gasteiger charge is 2.31. The molecule has 0 aliphatic rings. The van der Waals surface area contributed by atoms with E-state index in [1.807, 2.05) is 13.8 Å². The van der Waals surface area contributed by atoms with E-state index in [4.69, 9.17) is 5.26 Å². The van der Waals surface area contributed by atoms with Crippen molar-refractivity contribution >= 4 is 11.6 Å². The first-order chi connectivity index (χ1) is 9.62. The second-order valence-electron chi connectivity index (χ2n) is 5.45. The minimum absolute atomic E-state index is 0.0683. The van der Waals surface area contributed by atoms with Crippen molar-refractivity contribution in [2.24, 2.45) is 5.92 Å². The zero-order valence-electron chi connectivity index (χ0n) is 12.8. The van der Waals surface area contributed by atoms with Gasteiger partial charge >= 0.3 is 5.69 Å². The molecule has 0 spiro atoms. The van der Waals surface area contributed by atoms with Crippen molar-refractivity contribution in [3.8, 4) is 6.07 Å². The average Bonchev–Trinajstić information content (AvgIpc) is 2.63. The first-order valence-corrected chi connectivity index (χ1v) is 6.53. The molecular weight excluding hydrogens is 274 g/mol. The summed E-state index contributed by atoms with van der Waals surface area (Å²) >= 11 is 0. The van der Waals surface area contributed by atoms with Crippen LogP contribution in [-0.2, 0) is 11.3 Å². The number of hydrogen-bond acceptors (Lipinski definition) is 5. The molecule has 0 radical (unpaired) electrons. The SMILES string of the molecule is Cc1nn(CC(=O)N[C@](C)(C#N)C(C)C)c(C)c1[N+](=O)[O-]. The number of nitrogens with one attached hydrogen (secondary N) is 1. The zero-order valence-corrected chi connectivity index (χ0v) is 12.8. The lowest BCUT2D eigenvalue weighted by molar-refractivity contribution is -0.386. The van der Waals surface area contributed by atoms with E-state index in [9.17, 15) is 14.9 Å². The molecule has 0 aliphatic carbocycles. The number of nitrogens with zero attached hydrogens (tertiary/aromatic N) is 4. The molecule has 0 saturated carbocycles. The fraction of sp³-hybridized carbons (Fsp3) is 0.615. The van der Waals surface area contributed by atoms with E-state index in [1.165, 1.54) is 18.5 Å². The molecule has 1 atom stereocenters. The second kappa shape index (κ2) is 5.91. The highest BCUT2D eigenvalue weighted by molar-refractivity contribution is 5.77. The predicted molar refractivity (Wildman–Crippen MR) is 75.4 cm³/mol. The zero-order chi connectivity index (χ0) is 16.4. The third-order valence-electron chi connectivity index (χ3n) is 3.61. The van der Waals surface area contributed by atoms with Gasteiger partial charge in [0.05, 0.1) is 11.0 Å². The molecule has 1 N–H and O–H groups in total. The first-order valence-electron chi connectivity index (χ1n) is 6.53. The van der Waals surface area contributed by atoms with E-state index in [0.717, 1.165) is 0 Å². The van der Waals surface area contributed by atoms with Crippen LogP contribution in [0.3, 0.4) is 0 Å². The molecule has 114 valence electrons. The molecule has 1 rings (SSSR count). The largest absolute Gasteiger partial charge is 0.336 e. The summed E-state index contributed by atoms with van der Waals surface area (Å²) in [5.41, 5.74) is -0.498. The Hall–Kier alpha value is -2.43. The molecule has 1 amide bonds. The normalized spacial score (nSPS) is 13.6. The molecular formula is C13H19N5O3. The van der Waals surface area contributed by atoms with E-state index in [2.05, 4.69) is 16.5 Å². The van der Waals surface area contributed by atoms with Crippen LogP contribution in [-0.4, -0.2) is 26.1 Å². The van der Waals surface area contributed by atoms with Crippen molar-refractivity contribution < 1.29 is 9.72 Å². The molecule has 0 aliphatic heterocycles. The maximum atomic E-state index is 12.0. The van der Waals surface area contributed by atoms with Gasteiger partial charge in [-0.3, -0.25) is 19.6 Å². The van der Waals surface area contributed by atoms with Crippen LogP contribution in [0.2, 0.25) is 0 Å². The van der Waals surface area contributed by atoms with Gasteiger partial charge in [-0.2, -0.15) is 10.4 Å². The van der Waals surface area contributed by atoms with Gasteiger partial charge in [-0.1, -0.05) is 13.8 Å². The summed E-state index contributed by atoms with van der Waals surface area (Å²) < 4.78 is 1.28. The maximum absolute atomic E-state index is 12.0. The molecule has 0 bridgehead atoms. The van der Waals surface area contributed by atoms with Crippen molar-refractivity contribution in [1.82, 2.24) is 15.1 Å². The van der Waals surface area contributed by atoms with Gasteiger partial charge in [0.15, 0.2) is 0 Å². The van der Waals surface area contributed by atoms with Crippen LogP contribution < -0.4 is 5.32 Å². The Bertz CT molecular complexity index is 614. The summed E-state index contributed by atoms with van der Waals surface area (Å²) in [7, 11) is 0. The number of nitriles is 1. The van der Waals surface area contributed by atoms with Gasteiger partial charge in [0.25, 0.3) is 0 Å². The van der Waals surface area contributed by atoms with Crippen molar-refractivity contribution in [2.75, 3.05) is 0 Å². The van der Waals surface area contributed by atoms with Gasteiger partial charge in [0.1, 0.15) is 23.5 Å². The summed E-state index contributed by atoms with van der Waals surface area (Å²) in [6.07, 6.45) is 0. The van der Waals surface area contributed by atoms with E-state index < -0.39 is 16.4 Å². The Balaban J connectivity index is 2.93. The van der Waals surface area contributed by atoms with Gasteiger partial charge in [0, 0.05) is 0 Å². The summed E-state index contributed by atoms with van der Waals surface area (Å²) in [4.78, 5) is 22.4. The quantitative estimate of drug-likeness (QED) is 0.652. The number of carbonyl (C=O) groups excluding carboxylic acids is 1. The Labute approximate surface area is 122 Å². The molecule has 0 aromatic carbocycles. The number of nitro groups is 1. The highest BCUT2D eigenvalue weighted by Crippen LogP contribution is 2.22. The lowest BCUT2D eigenvalue weighted by Gasteiger charge is -2.27. The Morgan fingerprint density at radius 1 is 1.57 bits per heavy atom. The molecule has 1 aromatic heterocycles. The van der Waals surface area contributed by atoms with Crippen LogP contribution in [0.15, 0.2) is 0 Å². The fourth-order valence-electron chi connectivity index (χ4n) is 1.87. The van der Waals surface area contributed by atoms with Gasteiger partial charge in [0.2, 0.25) is 5.91 Å².